The quantitative estimate of drug-likeness (QED) is 0.774. The Bertz CT molecular complexity index is 650. The van der Waals surface area contributed by atoms with Gasteiger partial charge in [0.25, 0.3) is 0 Å². The molecule has 2 rings (SSSR count). The van der Waals surface area contributed by atoms with Crippen LogP contribution >= 0.6 is 11.6 Å². The Morgan fingerprint density at radius 1 is 1.33 bits per heavy atom. The van der Waals surface area contributed by atoms with E-state index in [4.69, 9.17) is 16.7 Å². The fraction of sp³-hybridized carbons (Fsp3) is 0.438. The summed E-state index contributed by atoms with van der Waals surface area (Å²) in [5.74, 6) is -1.58. The number of carbonyl (C=O) groups is 3. The number of piperidine rings is 1. The number of carbonyl (C=O) groups excluding carboxylic acids is 2. The maximum absolute atomic E-state index is 12.4. The van der Waals surface area contributed by atoms with Gasteiger partial charge < -0.3 is 20.6 Å². The Morgan fingerprint density at radius 3 is 2.75 bits per heavy atom. The van der Waals surface area contributed by atoms with E-state index < -0.39 is 17.9 Å². The highest BCUT2D eigenvalue weighted by molar-refractivity contribution is 6.33. The number of anilines is 2. The maximum atomic E-state index is 12.4. The number of likely N-dealkylation sites (tertiary alicyclic amines) is 1. The summed E-state index contributed by atoms with van der Waals surface area (Å²) in [6, 6.07) is 4.40. The number of nitrogens with one attached hydrogen (secondary N) is 2. The highest BCUT2D eigenvalue weighted by Crippen LogP contribution is 2.26. The number of carboxylic acids is 1. The Balaban J connectivity index is 2.06. The number of hydrogen-bond acceptors (Lipinski definition) is 3. The van der Waals surface area contributed by atoms with Crippen molar-refractivity contribution in [3.63, 3.8) is 0 Å². The van der Waals surface area contributed by atoms with Gasteiger partial charge in [0.15, 0.2) is 0 Å². The summed E-state index contributed by atoms with van der Waals surface area (Å²) in [4.78, 5) is 36.4. The molecule has 3 amide bonds. The van der Waals surface area contributed by atoms with Crippen molar-refractivity contribution >= 4 is 40.9 Å². The van der Waals surface area contributed by atoms with Crippen LogP contribution in [0, 0.1) is 5.92 Å². The number of hydrogen-bond donors (Lipinski definition) is 3. The van der Waals surface area contributed by atoms with E-state index in [1.54, 1.807) is 25.1 Å². The number of benzene rings is 1. The number of carboxylic acid groups (broad SMARTS) is 1. The van der Waals surface area contributed by atoms with Crippen LogP contribution in [0.3, 0.4) is 0 Å². The van der Waals surface area contributed by atoms with E-state index in [0.29, 0.717) is 42.2 Å². The van der Waals surface area contributed by atoms with Gasteiger partial charge in [-0.05, 0) is 31.0 Å². The topological polar surface area (TPSA) is 98.7 Å². The van der Waals surface area contributed by atoms with Crippen LogP contribution in [0.1, 0.15) is 26.2 Å². The average Bonchev–Trinajstić information content (AvgIpc) is 2.57. The molecule has 1 atom stereocenters. The van der Waals surface area contributed by atoms with E-state index in [1.165, 1.54) is 4.90 Å². The van der Waals surface area contributed by atoms with Gasteiger partial charge >= 0.3 is 12.0 Å². The smallest absolute Gasteiger partial charge is 0.321 e. The molecule has 0 aromatic heterocycles. The highest BCUT2D eigenvalue weighted by atomic mass is 35.5. The maximum Gasteiger partial charge on any atom is 0.321 e. The van der Waals surface area contributed by atoms with Crippen LogP contribution in [-0.2, 0) is 9.59 Å². The lowest BCUT2D eigenvalue weighted by Gasteiger charge is -2.30. The predicted octanol–water partition coefficient (Wildman–Crippen LogP) is 3.02. The van der Waals surface area contributed by atoms with Crippen molar-refractivity contribution in [3.8, 4) is 0 Å². The van der Waals surface area contributed by atoms with E-state index in [1.807, 2.05) is 0 Å². The third kappa shape index (κ3) is 4.61. The summed E-state index contributed by atoms with van der Waals surface area (Å²) in [5.41, 5.74) is 0.900. The fourth-order valence-corrected chi connectivity index (χ4v) is 2.67. The number of aliphatic carboxylic acids is 1. The molecule has 0 spiro atoms. The van der Waals surface area contributed by atoms with Crippen molar-refractivity contribution in [1.82, 2.24) is 4.90 Å². The minimum absolute atomic E-state index is 0.144. The lowest BCUT2D eigenvalue weighted by atomic mass is 9.99. The molecule has 1 fully saturated rings. The molecule has 8 heteroatoms. The van der Waals surface area contributed by atoms with E-state index in [9.17, 15) is 14.4 Å². The minimum Gasteiger partial charge on any atom is -0.481 e. The largest absolute Gasteiger partial charge is 0.481 e. The summed E-state index contributed by atoms with van der Waals surface area (Å²) in [7, 11) is 0. The van der Waals surface area contributed by atoms with Crippen LogP contribution in [0.4, 0.5) is 16.2 Å². The second-order valence-corrected chi connectivity index (χ2v) is 6.06. The van der Waals surface area contributed by atoms with Crippen LogP contribution < -0.4 is 10.6 Å². The molecule has 7 nitrogen and oxygen atoms in total. The number of halogens is 1. The van der Waals surface area contributed by atoms with E-state index in [0.717, 1.165) is 0 Å². The fourth-order valence-electron chi connectivity index (χ4n) is 2.51. The molecule has 1 saturated heterocycles. The molecule has 1 aliphatic heterocycles. The second-order valence-electron chi connectivity index (χ2n) is 5.65. The van der Waals surface area contributed by atoms with Gasteiger partial charge in [-0.1, -0.05) is 18.5 Å². The van der Waals surface area contributed by atoms with Gasteiger partial charge in [-0.15, -0.1) is 0 Å². The summed E-state index contributed by atoms with van der Waals surface area (Å²) in [5, 5.41) is 14.8. The lowest BCUT2D eigenvalue weighted by molar-refractivity contribution is -0.143. The van der Waals surface area contributed by atoms with Crippen LogP contribution in [0.25, 0.3) is 0 Å². The summed E-state index contributed by atoms with van der Waals surface area (Å²) in [6.07, 6.45) is 1.55. The average molecular weight is 354 g/mol. The molecule has 1 heterocycles. The Kier molecular flexibility index (Phi) is 6.03. The second kappa shape index (κ2) is 8.01. The molecule has 0 saturated carbocycles. The molecule has 1 aromatic carbocycles. The van der Waals surface area contributed by atoms with Crippen molar-refractivity contribution in [2.45, 2.75) is 26.2 Å². The first-order chi connectivity index (χ1) is 11.4. The van der Waals surface area contributed by atoms with E-state index in [2.05, 4.69) is 10.6 Å². The van der Waals surface area contributed by atoms with Gasteiger partial charge in [-0.2, -0.15) is 0 Å². The van der Waals surface area contributed by atoms with Crippen molar-refractivity contribution in [2.24, 2.45) is 5.92 Å². The van der Waals surface area contributed by atoms with Gasteiger partial charge in [0.2, 0.25) is 5.91 Å². The van der Waals surface area contributed by atoms with Crippen molar-refractivity contribution in [1.29, 1.82) is 0 Å². The third-order valence-corrected chi connectivity index (χ3v) is 4.20. The predicted molar refractivity (Wildman–Crippen MR) is 91.3 cm³/mol. The molecule has 0 bridgehead atoms. The highest BCUT2D eigenvalue weighted by Gasteiger charge is 2.28. The molecule has 1 aliphatic rings. The van der Waals surface area contributed by atoms with Gasteiger partial charge in [-0.25, -0.2) is 4.79 Å². The molecular formula is C16H20ClN3O4. The SMILES string of the molecule is CCC(=O)Nc1ccc(Cl)c(NC(=O)N2CCCC(C(=O)O)C2)c1. The van der Waals surface area contributed by atoms with Gasteiger partial charge in [0.1, 0.15) is 0 Å². The lowest BCUT2D eigenvalue weighted by Crippen LogP contribution is -2.44. The van der Waals surface area contributed by atoms with Crippen molar-refractivity contribution < 1.29 is 19.5 Å². The molecule has 0 aliphatic carbocycles. The number of rotatable bonds is 4. The number of nitrogens with zero attached hydrogens (tertiary/aromatic N) is 1. The Morgan fingerprint density at radius 2 is 2.08 bits per heavy atom. The monoisotopic (exact) mass is 353 g/mol. The zero-order chi connectivity index (χ0) is 17.7. The molecule has 24 heavy (non-hydrogen) atoms. The first kappa shape index (κ1) is 18.1. The van der Waals surface area contributed by atoms with Crippen LogP contribution in [0.2, 0.25) is 5.02 Å². The zero-order valence-electron chi connectivity index (χ0n) is 13.3. The van der Waals surface area contributed by atoms with Gasteiger partial charge in [0, 0.05) is 25.2 Å². The first-order valence-corrected chi connectivity index (χ1v) is 8.16. The Hall–Kier alpha value is -2.28. The molecule has 3 N–H and O–H groups in total. The summed E-state index contributed by atoms with van der Waals surface area (Å²) < 4.78 is 0. The van der Waals surface area contributed by atoms with Crippen LogP contribution in [0.15, 0.2) is 18.2 Å². The summed E-state index contributed by atoms with van der Waals surface area (Å²) in [6.45, 7) is 2.41. The van der Waals surface area contributed by atoms with Crippen molar-refractivity contribution in [3.05, 3.63) is 23.2 Å². The third-order valence-electron chi connectivity index (χ3n) is 3.87. The Labute approximate surface area is 145 Å². The molecule has 0 radical (unpaired) electrons. The van der Waals surface area contributed by atoms with E-state index in [-0.39, 0.29) is 12.5 Å². The standard InChI is InChI=1S/C16H20ClN3O4/c1-2-14(21)18-11-5-6-12(17)13(8-11)19-16(24)20-7-3-4-10(9-20)15(22)23/h5-6,8,10H,2-4,7,9H2,1H3,(H,18,21)(H,19,24)(H,22,23). The van der Waals surface area contributed by atoms with Crippen LogP contribution in [0.5, 0.6) is 0 Å². The van der Waals surface area contributed by atoms with E-state index >= 15 is 0 Å². The number of urea groups is 1. The molecule has 130 valence electrons. The van der Waals surface area contributed by atoms with Gasteiger partial charge in [0.05, 0.1) is 16.6 Å². The summed E-state index contributed by atoms with van der Waals surface area (Å²) >= 11 is 6.09. The van der Waals surface area contributed by atoms with Crippen LogP contribution in [-0.4, -0.2) is 41.0 Å². The van der Waals surface area contributed by atoms with Crippen molar-refractivity contribution in [2.75, 3.05) is 23.7 Å². The molecule has 1 aromatic rings. The number of amides is 3. The normalized spacial score (nSPS) is 17.2. The van der Waals surface area contributed by atoms with Gasteiger partial charge in [-0.3, -0.25) is 9.59 Å². The molecular weight excluding hydrogens is 334 g/mol. The zero-order valence-corrected chi connectivity index (χ0v) is 14.1. The minimum atomic E-state index is -0.894. The molecule has 1 unspecified atom stereocenters. The first-order valence-electron chi connectivity index (χ1n) is 7.78.